The molecule has 0 unspecified atom stereocenters. The van der Waals surface area contributed by atoms with Crippen LogP contribution in [-0.4, -0.2) is 44.2 Å². The zero-order valence-corrected chi connectivity index (χ0v) is 19.0. The molecule has 1 aliphatic rings. The van der Waals surface area contributed by atoms with Gasteiger partial charge >= 0.3 is 6.03 Å². The summed E-state index contributed by atoms with van der Waals surface area (Å²) >= 11 is 0. The van der Waals surface area contributed by atoms with Gasteiger partial charge in [-0.3, -0.25) is 9.78 Å². The van der Waals surface area contributed by atoms with Gasteiger partial charge in [0.05, 0.1) is 18.2 Å². The van der Waals surface area contributed by atoms with Crippen molar-refractivity contribution in [1.29, 1.82) is 0 Å². The van der Waals surface area contributed by atoms with Gasteiger partial charge in [-0.2, -0.15) is 4.39 Å². The molecule has 2 aromatic carbocycles. The van der Waals surface area contributed by atoms with Crippen LogP contribution in [0.15, 0.2) is 24.4 Å². The average Bonchev–Trinajstić information content (AvgIpc) is 3.62. The quantitative estimate of drug-likeness (QED) is 0.433. The molecule has 1 saturated carbocycles. The molecular formula is C23H22F3N5O4. The number of methoxy groups -OCH3 is 1. The number of halogens is 3. The van der Waals surface area contributed by atoms with Crippen LogP contribution in [0.25, 0.3) is 10.9 Å². The first-order valence-electron chi connectivity index (χ1n) is 10.5. The van der Waals surface area contributed by atoms with E-state index >= 15 is 13.2 Å². The van der Waals surface area contributed by atoms with Crippen molar-refractivity contribution in [3.05, 3.63) is 47.4 Å². The Balaban J connectivity index is 1.81. The molecule has 4 N–H and O–H groups in total. The fourth-order valence-corrected chi connectivity index (χ4v) is 3.52. The summed E-state index contributed by atoms with van der Waals surface area (Å²) in [5.41, 5.74) is 4.56. The lowest BCUT2D eigenvalue weighted by atomic mass is 10.1. The molecule has 12 heteroatoms. The first-order chi connectivity index (χ1) is 16.6. The zero-order chi connectivity index (χ0) is 25.4. The lowest BCUT2D eigenvalue weighted by Crippen LogP contribution is -2.32. The van der Waals surface area contributed by atoms with Gasteiger partial charge in [0.2, 0.25) is 11.6 Å². The summed E-state index contributed by atoms with van der Waals surface area (Å²) in [5, 5.41) is 4.93. The summed E-state index contributed by atoms with van der Waals surface area (Å²) in [6.45, 7) is 0. The van der Waals surface area contributed by atoms with Crippen LogP contribution in [0.2, 0.25) is 0 Å². The van der Waals surface area contributed by atoms with Crippen LogP contribution in [0.4, 0.5) is 29.3 Å². The van der Waals surface area contributed by atoms with Gasteiger partial charge in [-0.05, 0) is 25.0 Å². The van der Waals surface area contributed by atoms with Crippen molar-refractivity contribution >= 4 is 34.2 Å². The first-order valence-corrected chi connectivity index (χ1v) is 10.5. The number of amides is 3. The van der Waals surface area contributed by atoms with Crippen molar-refractivity contribution in [3.63, 3.8) is 0 Å². The topological polar surface area (TPSA) is 119 Å². The van der Waals surface area contributed by atoms with Crippen LogP contribution in [0.1, 0.15) is 23.2 Å². The van der Waals surface area contributed by atoms with E-state index in [-0.39, 0.29) is 34.0 Å². The van der Waals surface area contributed by atoms with Crippen molar-refractivity contribution in [2.24, 2.45) is 5.73 Å². The van der Waals surface area contributed by atoms with Gasteiger partial charge in [0, 0.05) is 37.8 Å². The van der Waals surface area contributed by atoms with Gasteiger partial charge in [0.25, 0.3) is 5.91 Å². The molecule has 0 bridgehead atoms. The van der Waals surface area contributed by atoms with Crippen molar-refractivity contribution in [2.75, 3.05) is 31.4 Å². The maximum Gasteiger partial charge on any atom is 0.319 e. The molecule has 9 nitrogen and oxygen atoms in total. The Morgan fingerprint density at radius 2 is 1.83 bits per heavy atom. The highest BCUT2D eigenvalue weighted by Gasteiger charge is 2.31. The molecule has 35 heavy (non-hydrogen) atoms. The highest BCUT2D eigenvalue weighted by Crippen LogP contribution is 2.42. The van der Waals surface area contributed by atoms with Gasteiger partial charge in [0.15, 0.2) is 11.6 Å². The molecule has 1 heterocycles. The molecular weight excluding hydrogens is 467 g/mol. The maximum atomic E-state index is 15.5. The van der Waals surface area contributed by atoms with E-state index in [1.165, 1.54) is 50.5 Å². The van der Waals surface area contributed by atoms with Crippen molar-refractivity contribution in [3.8, 4) is 17.2 Å². The SMILES string of the molecule is COc1cc2nccc(Oc3c(F)c(F)c(NC(=O)NC4CC4)c(N(C)C)c3F)c2cc1C(N)=O. The zero-order valence-electron chi connectivity index (χ0n) is 19.0. The number of hydrogen-bond acceptors (Lipinski definition) is 6. The van der Waals surface area contributed by atoms with E-state index in [9.17, 15) is 9.59 Å². The van der Waals surface area contributed by atoms with Gasteiger partial charge in [-0.15, -0.1) is 0 Å². The van der Waals surface area contributed by atoms with Crippen LogP contribution in [0.3, 0.4) is 0 Å². The summed E-state index contributed by atoms with van der Waals surface area (Å²) in [6.07, 6.45) is 2.85. The molecule has 1 aromatic heterocycles. The van der Waals surface area contributed by atoms with Crippen LogP contribution in [0.5, 0.6) is 17.2 Å². The molecule has 3 amide bonds. The van der Waals surface area contributed by atoms with E-state index in [0.717, 1.165) is 12.8 Å². The molecule has 0 saturated heterocycles. The van der Waals surface area contributed by atoms with E-state index in [2.05, 4.69) is 15.6 Å². The monoisotopic (exact) mass is 489 g/mol. The number of primary amides is 1. The normalized spacial score (nSPS) is 12.9. The Labute approximate surface area is 198 Å². The predicted molar refractivity (Wildman–Crippen MR) is 123 cm³/mol. The van der Waals surface area contributed by atoms with Crippen molar-refractivity contribution in [1.82, 2.24) is 10.3 Å². The van der Waals surface area contributed by atoms with E-state index in [1.807, 2.05) is 0 Å². The fourth-order valence-electron chi connectivity index (χ4n) is 3.52. The highest BCUT2D eigenvalue weighted by molar-refractivity contribution is 6.01. The minimum Gasteiger partial charge on any atom is -0.496 e. The number of nitrogens with two attached hydrogens (primary N) is 1. The Bertz CT molecular complexity index is 1340. The lowest BCUT2D eigenvalue weighted by molar-refractivity contribution is 0.0997. The number of fused-ring (bicyclic) bond motifs is 1. The number of urea groups is 1. The first kappa shape index (κ1) is 23.9. The second-order valence-corrected chi connectivity index (χ2v) is 8.11. The molecule has 3 aromatic rings. The minimum absolute atomic E-state index is 0.0137. The standard InChI is InChI=1S/C23H22F3N5O4/c1-31(2)20-18(26)21(17(25)16(24)19(20)30-23(33)29-10-4-5-10)35-14-6-7-28-13-9-15(34-3)12(22(27)32)8-11(13)14/h6-10H,4-5H2,1-3H3,(H2,27,32)(H2,29,30,33). The lowest BCUT2D eigenvalue weighted by Gasteiger charge is -2.22. The largest absolute Gasteiger partial charge is 0.496 e. The van der Waals surface area contributed by atoms with Gasteiger partial charge in [-0.1, -0.05) is 0 Å². The van der Waals surface area contributed by atoms with E-state index in [1.54, 1.807) is 0 Å². The fraction of sp³-hybridized carbons (Fsp3) is 0.261. The number of hydrogen-bond donors (Lipinski definition) is 3. The summed E-state index contributed by atoms with van der Waals surface area (Å²) in [4.78, 5) is 29.3. The molecule has 184 valence electrons. The summed E-state index contributed by atoms with van der Waals surface area (Å²) in [6, 6.07) is 3.17. The number of carbonyl (C=O) groups excluding carboxylic acids is 2. The van der Waals surface area contributed by atoms with E-state index < -0.39 is 46.5 Å². The maximum absolute atomic E-state index is 15.5. The van der Waals surface area contributed by atoms with E-state index in [0.29, 0.717) is 0 Å². The molecule has 0 spiro atoms. The molecule has 0 aliphatic heterocycles. The molecule has 0 atom stereocenters. The number of nitrogens with one attached hydrogen (secondary N) is 2. The van der Waals surface area contributed by atoms with Crippen LogP contribution in [0, 0.1) is 17.5 Å². The molecule has 1 fully saturated rings. The predicted octanol–water partition coefficient (Wildman–Crippen LogP) is 3.90. The van der Waals surface area contributed by atoms with Gasteiger partial charge in [-0.25, -0.2) is 13.6 Å². The molecule has 4 rings (SSSR count). The highest BCUT2D eigenvalue weighted by atomic mass is 19.2. The summed E-state index contributed by atoms with van der Waals surface area (Å²) < 4.78 is 56.3. The number of ether oxygens (including phenoxy) is 2. The Morgan fingerprint density at radius 1 is 1.11 bits per heavy atom. The van der Waals surface area contributed by atoms with Crippen LogP contribution >= 0.6 is 0 Å². The van der Waals surface area contributed by atoms with Gasteiger partial charge in [0.1, 0.15) is 22.9 Å². The van der Waals surface area contributed by atoms with Crippen molar-refractivity contribution in [2.45, 2.75) is 18.9 Å². The van der Waals surface area contributed by atoms with Crippen LogP contribution in [-0.2, 0) is 0 Å². The number of aromatic nitrogens is 1. The number of rotatable bonds is 7. The Morgan fingerprint density at radius 3 is 2.43 bits per heavy atom. The average molecular weight is 489 g/mol. The van der Waals surface area contributed by atoms with Gasteiger partial charge < -0.3 is 30.7 Å². The third-order valence-corrected chi connectivity index (χ3v) is 5.35. The number of carbonyl (C=O) groups is 2. The van der Waals surface area contributed by atoms with Crippen molar-refractivity contribution < 1.29 is 32.2 Å². The smallest absolute Gasteiger partial charge is 0.319 e. The van der Waals surface area contributed by atoms with E-state index in [4.69, 9.17) is 15.2 Å². The third kappa shape index (κ3) is 4.59. The second-order valence-electron chi connectivity index (χ2n) is 8.11. The number of nitrogens with zero attached hydrogens (tertiary/aromatic N) is 2. The third-order valence-electron chi connectivity index (χ3n) is 5.35. The van der Waals surface area contributed by atoms with Crippen LogP contribution < -0.4 is 30.7 Å². The number of pyridine rings is 1. The minimum atomic E-state index is -1.65. The molecule has 1 aliphatic carbocycles. The summed E-state index contributed by atoms with van der Waals surface area (Å²) in [7, 11) is 4.14. The second kappa shape index (κ2) is 9.20. The number of benzene rings is 2. The summed E-state index contributed by atoms with van der Waals surface area (Å²) in [5.74, 6) is -6.22. The molecule has 0 radical (unpaired) electrons. The Kier molecular flexibility index (Phi) is 6.29. The number of anilines is 2. The Hall–Kier alpha value is -4.22.